The monoisotopic (exact) mass is 369 g/mol. The summed E-state index contributed by atoms with van der Waals surface area (Å²) in [6, 6.07) is 24.2. The maximum absolute atomic E-state index is 12.7. The number of nitrogens with one attached hydrogen (secondary N) is 1. The second-order valence-corrected chi connectivity index (χ2v) is 6.56. The SMILES string of the molecule is Cn1c(=O)c(-c2ccc(C(=O)NCc3ccccc3)cc2)nc2ccccc21. The second-order valence-electron chi connectivity index (χ2n) is 6.56. The summed E-state index contributed by atoms with van der Waals surface area (Å²) < 4.78 is 1.60. The number of carbonyl (C=O) groups is 1. The molecule has 1 aromatic heterocycles. The van der Waals surface area contributed by atoms with Crippen LogP contribution in [0, 0.1) is 0 Å². The van der Waals surface area contributed by atoms with Crippen LogP contribution in [0.3, 0.4) is 0 Å². The van der Waals surface area contributed by atoms with Crippen molar-refractivity contribution in [3.63, 3.8) is 0 Å². The lowest BCUT2D eigenvalue weighted by Crippen LogP contribution is -2.23. The number of amides is 1. The molecule has 0 spiro atoms. The second kappa shape index (κ2) is 7.48. The molecule has 0 atom stereocenters. The highest BCUT2D eigenvalue weighted by Gasteiger charge is 2.12. The van der Waals surface area contributed by atoms with Gasteiger partial charge in [0.1, 0.15) is 5.69 Å². The molecule has 4 aromatic rings. The molecule has 0 aliphatic rings. The number of fused-ring (bicyclic) bond motifs is 1. The molecule has 0 fully saturated rings. The molecule has 0 unspecified atom stereocenters. The number of rotatable bonds is 4. The van der Waals surface area contributed by atoms with E-state index < -0.39 is 0 Å². The standard InChI is InChI=1S/C23H19N3O2/c1-26-20-10-6-5-9-19(20)25-21(23(26)28)17-11-13-18(14-12-17)22(27)24-15-16-7-3-2-4-8-16/h2-14H,15H2,1H3,(H,24,27). The van der Waals surface area contributed by atoms with Crippen LogP contribution < -0.4 is 10.9 Å². The summed E-state index contributed by atoms with van der Waals surface area (Å²) in [6.07, 6.45) is 0. The Labute approximate surface area is 162 Å². The Morgan fingerprint density at radius 2 is 1.61 bits per heavy atom. The van der Waals surface area contributed by atoms with E-state index in [1.807, 2.05) is 54.6 Å². The van der Waals surface area contributed by atoms with E-state index in [0.717, 1.165) is 16.6 Å². The van der Waals surface area contributed by atoms with Crippen LogP contribution in [-0.2, 0) is 13.6 Å². The summed E-state index contributed by atoms with van der Waals surface area (Å²) in [5, 5.41) is 2.90. The van der Waals surface area contributed by atoms with Gasteiger partial charge in [-0.25, -0.2) is 4.98 Å². The van der Waals surface area contributed by atoms with Crippen molar-refractivity contribution >= 4 is 16.9 Å². The molecule has 0 saturated carbocycles. The van der Waals surface area contributed by atoms with E-state index in [1.54, 1.807) is 35.9 Å². The fourth-order valence-corrected chi connectivity index (χ4v) is 3.13. The molecule has 4 rings (SSSR count). The Kier molecular flexibility index (Phi) is 4.72. The van der Waals surface area contributed by atoms with Gasteiger partial charge in [-0.3, -0.25) is 9.59 Å². The lowest BCUT2D eigenvalue weighted by atomic mass is 10.1. The Morgan fingerprint density at radius 3 is 2.36 bits per heavy atom. The van der Waals surface area contributed by atoms with Crippen molar-refractivity contribution in [2.45, 2.75) is 6.54 Å². The van der Waals surface area contributed by atoms with Gasteiger partial charge >= 0.3 is 0 Å². The first-order chi connectivity index (χ1) is 13.6. The van der Waals surface area contributed by atoms with Gasteiger partial charge in [0, 0.05) is 24.7 Å². The normalized spacial score (nSPS) is 10.8. The Bertz CT molecular complexity index is 1200. The predicted molar refractivity (Wildman–Crippen MR) is 110 cm³/mol. The van der Waals surface area contributed by atoms with Crippen LogP contribution in [0.2, 0.25) is 0 Å². The zero-order valence-corrected chi connectivity index (χ0v) is 15.4. The van der Waals surface area contributed by atoms with Gasteiger partial charge in [0.25, 0.3) is 11.5 Å². The quantitative estimate of drug-likeness (QED) is 0.599. The predicted octanol–water partition coefficient (Wildman–Crippen LogP) is 3.53. The van der Waals surface area contributed by atoms with Gasteiger partial charge in [0.05, 0.1) is 11.0 Å². The third-order valence-electron chi connectivity index (χ3n) is 4.70. The first-order valence-electron chi connectivity index (χ1n) is 9.02. The molecule has 1 N–H and O–H groups in total. The van der Waals surface area contributed by atoms with Gasteiger partial charge in [-0.05, 0) is 29.8 Å². The third-order valence-corrected chi connectivity index (χ3v) is 4.70. The van der Waals surface area contributed by atoms with Crippen molar-refractivity contribution in [1.82, 2.24) is 14.9 Å². The Morgan fingerprint density at radius 1 is 0.929 bits per heavy atom. The highest BCUT2D eigenvalue weighted by Crippen LogP contribution is 2.18. The molecular weight excluding hydrogens is 350 g/mol. The molecule has 28 heavy (non-hydrogen) atoms. The molecule has 5 nitrogen and oxygen atoms in total. The van der Waals surface area contributed by atoms with Crippen molar-refractivity contribution in [2.75, 3.05) is 0 Å². The van der Waals surface area contributed by atoms with Crippen molar-refractivity contribution in [2.24, 2.45) is 7.05 Å². The first kappa shape index (κ1) is 17.7. The van der Waals surface area contributed by atoms with E-state index in [1.165, 1.54) is 0 Å². The summed E-state index contributed by atoms with van der Waals surface area (Å²) in [4.78, 5) is 29.6. The minimum Gasteiger partial charge on any atom is -0.348 e. The number of para-hydroxylation sites is 2. The van der Waals surface area contributed by atoms with E-state index in [0.29, 0.717) is 23.4 Å². The van der Waals surface area contributed by atoms with Crippen molar-refractivity contribution in [3.8, 4) is 11.3 Å². The van der Waals surface area contributed by atoms with Crippen LogP contribution in [0.1, 0.15) is 15.9 Å². The lowest BCUT2D eigenvalue weighted by molar-refractivity contribution is 0.0951. The van der Waals surface area contributed by atoms with Crippen LogP contribution in [0.15, 0.2) is 83.7 Å². The van der Waals surface area contributed by atoms with Gasteiger partial charge in [0.15, 0.2) is 0 Å². The summed E-state index contributed by atoms with van der Waals surface area (Å²) >= 11 is 0. The van der Waals surface area contributed by atoms with Gasteiger partial charge in [-0.2, -0.15) is 0 Å². The van der Waals surface area contributed by atoms with Gasteiger partial charge in [-0.15, -0.1) is 0 Å². The fraction of sp³-hybridized carbons (Fsp3) is 0.0870. The van der Waals surface area contributed by atoms with Crippen LogP contribution in [0.5, 0.6) is 0 Å². The Balaban J connectivity index is 1.58. The lowest BCUT2D eigenvalue weighted by Gasteiger charge is -2.09. The first-order valence-corrected chi connectivity index (χ1v) is 9.02. The molecule has 0 aliphatic heterocycles. The third kappa shape index (κ3) is 3.42. The van der Waals surface area contributed by atoms with Gasteiger partial charge in [-0.1, -0.05) is 54.6 Å². The van der Waals surface area contributed by atoms with Gasteiger partial charge < -0.3 is 9.88 Å². The molecular formula is C23H19N3O2. The number of nitrogens with zero attached hydrogens (tertiary/aromatic N) is 2. The van der Waals surface area contributed by atoms with Crippen LogP contribution >= 0.6 is 0 Å². The fourth-order valence-electron chi connectivity index (χ4n) is 3.13. The molecule has 0 saturated heterocycles. The molecule has 1 heterocycles. The molecule has 1 amide bonds. The van der Waals surface area contributed by atoms with Crippen LogP contribution in [0.4, 0.5) is 0 Å². The zero-order valence-electron chi connectivity index (χ0n) is 15.4. The zero-order chi connectivity index (χ0) is 19.5. The maximum Gasteiger partial charge on any atom is 0.277 e. The average Bonchev–Trinajstić information content (AvgIpc) is 2.75. The minimum atomic E-state index is -0.167. The van der Waals surface area contributed by atoms with E-state index in [4.69, 9.17) is 0 Å². The summed E-state index contributed by atoms with van der Waals surface area (Å²) in [7, 11) is 1.74. The highest BCUT2D eigenvalue weighted by molar-refractivity contribution is 5.94. The maximum atomic E-state index is 12.7. The number of aromatic nitrogens is 2. The number of carbonyl (C=O) groups excluding carboxylic acids is 1. The smallest absolute Gasteiger partial charge is 0.277 e. The van der Waals surface area contributed by atoms with Gasteiger partial charge in [0.2, 0.25) is 0 Å². The number of benzene rings is 3. The summed E-state index contributed by atoms with van der Waals surface area (Å²) in [5.41, 5.74) is 4.01. The summed E-state index contributed by atoms with van der Waals surface area (Å²) in [5.74, 6) is -0.158. The van der Waals surface area contributed by atoms with Crippen molar-refractivity contribution in [3.05, 3.63) is 100 Å². The van der Waals surface area contributed by atoms with E-state index in [9.17, 15) is 9.59 Å². The van der Waals surface area contributed by atoms with Crippen LogP contribution in [0.25, 0.3) is 22.3 Å². The number of hydrogen-bond acceptors (Lipinski definition) is 3. The molecule has 0 radical (unpaired) electrons. The largest absolute Gasteiger partial charge is 0.348 e. The molecule has 0 aliphatic carbocycles. The van der Waals surface area contributed by atoms with Crippen LogP contribution in [-0.4, -0.2) is 15.5 Å². The van der Waals surface area contributed by atoms with Crippen molar-refractivity contribution in [1.29, 1.82) is 0 Å². The highest BCUT2D eigenvalue weighted by atomic mass is 16.1. The minimum absolute atomic E-state index is 0.158. The Hall–Kier alpha value is -3.73. The number of hydrogen-bond donors (Lipinski definition) is 1. The molecule has 138 valence electrons. The van der Waals surface area contributed by atoms with Crippen molar-refractivity contribution < 1.29 is 4.79 Å². The molecule has 3 aromatic carbocycles. The molecule has 5 heteroatoms. The summed E-state index contributed by atoms with van der Waals surface area (Å²) in [6.45, 7) is 0.466. The van der Waals surface area contributed by atoms with E-state index in [-0.39, 0.29) is 11.5 Å². The number of aryl methyl sites for hydroxylation is 1. The van der Waals surface area contributed by atoms with E-state index in [2.05, 4.69) is 10.3 Å². The average molecular weight is 369 g/mol. The molecule has 0 bridgehead atoms. The van der Waals surface area contributed by atoms with E-state index >= 15 is 0 Å². The topological polar surface area (TPSA) is 64.0 Å².